The number of halogens is 1. The molecule has 1 saturated heterocycles. The monoisotopic (exact) mass is 336 g/mol. The van der Waals surface area contributed by atoms with Gasteiger partial charge in [-0.1, -0.05) is 32.9 Å². The number of carbonyl (C=O) groups excluding carboxylic acids is 1. The first kappa shape index (κ1) is 18.7. The van der Waals surface area contributed by atoms with Crippen molar-refractivity contribution >= 4 is 5.91 Å². The third kappa shape index (κ3) is 5.78. The van der Waals surface area contributed by atoms with E-state index in [1.807, 2.05) is 20.8 Å². The van der Waals surface area contributed by atoms with E-state index in [1.165, 1.54) is 6.07 Å². The van der Waals surface area contributed by atoms with Gasteiger partial charge in [0.25, 0.3) is 0 Å². The fourth-order valence-electron chi connectivity index (χ4n) is 2.81. The van der Waals surface area contributed by atoms with Crippen LogP contribution >= 0.6 is 0 Å². The molecule has 134 valence electrons. The smallest absolute Gasteiger partial charge is 0.220 e. The molecule has 0 aromatic heterocycles. The fraction of sp³-hybridized carbons (Fsp3) is 0.632. The summed E-state index contributed by atoms with van der Waals surface area (Å²) in [5, 5.41) is 6.38. The van der Waals surface area contributed by atoms with Gasteiger partial charge in [0.05, 0.1) is 6.04 Å². The fourth-order valence-corrected chi connectivity index (χ4v) is 2.81. The lowest BCUT2D eigenvalue weighted by molar-refractivity contribution is -0.123. The Morgan fingerprint density at radius 1 is 1.42 bits per heavy atom. The number of rotatable bonds is 7. The number of amides is 1. The topological polar surface area (TPSA) is 50.4 Å². The van der Waals surface area contributed by atoms with E-state index in [0.29, 0.717) is 12.3 Å². The minimum Gasteiger partial charge on any atom is -0.488 e. The van der Waals surface area contributed by atoms with Crippen molar-refractivity contribution in [3.05, 3.63) is 30.1 Å². The molecule has 1 heterocycles. The Bertz CT molecular complexity index is 536. The second-order valence-corrected chi connectivity index (χ2v) is 7.63. The van der Waals surface area contributed by atoms with Crippen molar-refractivity contribution in [3.8, 4) is 5.75 Å². The van der Waals surface area contributed by atoms with Crippen LogP contribution in [0.1, 0.15) is 40.0 Å². The van der Waals surface area contributed by atoms with Crippen LogP contribution < -0.4 is 15.4 Å². The van der Waals surface area contributed by atoms with Crippen LogP contribution in [0.3, 0.4) is 0 Å². The predicted octanol–water partition coefficient (Wildman–Crippen LogP) is 3.13. The third-order valence-electron chi connectivity index (χ3n) is 4.56. The SMILES string of the molecule is CC(C)(C)C(COc1ccccc1F)NC(=O)CCC1CCNC1. The second kappa shape index (κ2) is 8.47. The normalized spacial score (nSPS) is 19.1. The van der Waals surface area contributed by atoms with E-state index >= 15 is 0 Å². The van der Waals surface area contributed by atoms with Gasteiger partial charge in [-0.3, -0.25) is 4.79 Å². The highest BCUT2D eigenvalue weighted by Crippen LogP contribution is 2.23. The van der Waals surface area contributed by atoms with Gasteiger partial charge < -0.3 is 15.4 Å². The molecule has 0 spiro atoms. The van der Waals surface area contributed by atoms with Crippen molar-refractivity contribution in [3.63, 3.8) is 0 Å². The third-order valence-corrected chi connectivity index (χ3v) is 4.56. The number of carbonyl (C=O) groups is 1. The van der Waals surface area contributed by atoms with Gasteiger partial charge in [0.2, 0.25) is 5.91 Å². The standard InChI is InChI=1S/C19H29FN2O2/c1-19(2,3)17(13-24-16-7-5-4-6-15(16)20)22-18(23)9-8-14-10-11-21-12-14/h4-7,14,17,21H,8-13H2,1-3H3,(H,22,23). The van der Waals surface area contributed by atoms with Gasteiger partial charge in [-0.05, 0) is 49.4 Å². The van der Waals surface area contributed by atoms with E-state index in [2.05, 4.69) is 10.6 Å². The van der Waals surface area contributed by atoms with Crippen molar-refractivity contribution in [1.82, 2.24) is 10.6 Å². The van der Waals surface area contributed by atoms with Crippen LogP contribution in [-0.4, -0.2) is 31.6 Å². The van der Waals surface area contributed by atoms with E-state index in [4.69, 9.17) is 4.74 Å². The highest BCUT2D eigenvalue weighted by atomic mass is 19.1. The zero-order valence-electron chi connectivity index (χ0n) is 14.9. The van der Waals surface area contributed by atoms with Crippen LogP contribution in [0, 0.1) is 17.2 Å². The van der Waals surface area contributed by atoms with E-state index in [1.54, 1.807) is 18.2 Å². The molecule has 1 aliphatic rings. The van der Waals surface area contributed by atoms with Gasteiger partial charge in [0, 0.05) is 6.42 Å². The molecule has 1 aromatic carbocycles. The summed E-state index contributed by atoms with van der Waals surface area (Å²) in [5.41, 5.74) is -0.171. The zero-order chi connectivity index (χ0) is 17.6. The summed E-state index contributed by atoms with van der Waals surface area (Å²) in [6.45, 7) is 8.44. The number of hydrogen-bond acceptors (Lipinski definition) is 3. The molecule has 0 aliphatic carbocycles. The minimum atomic E-state index is -0.384. The Hall–Kier alpha value is -1.62. The molecule has 5 heteroatoms. The van der Waals surface area contributed by atoms with Crippen molar-refractivity contribution in [2.24, 2.45) is 11.3 Å². The Labute approximate surface area is 144 Å². The molecule has 1 aliphatic heterocycles. The van der Waals surface area contributed by atoms with Crippen LogP contribution in [0.25, 0.3) is 0 Å². The first-order chi connectivity index (χ1) is 11.4. The molecule has 2 N–H and O–H groups in total. The highest BCUT2D eigenvalue weighted by Gasteiger charge is 2.27. The summed E-state index contributed by atoms with van der Waals surface area (Å²) in [5.74, 6) is 0.473. The van der Waals surface area contributed by atoms with Crippen molar-refractivity contribution in [2.75, 3.05) is 19.7 Å². The first-order valence-electron chi connectivity index (χ1n) is 8.73. The molecule has 2 rings (SSSR count). The van der Waals surface area contributed by atoms with Gasteiger partial charge >= 0.3 is 0 Å². The Balaban J connectivity index is 1.86. The maximum atomic E-state index is 13.7. The molecule has 24 heavy (non-hydrogen) atoms. The Morgan fingerprint density at radius 3 is 2.79 bits per heavy atom. The minimum absolute atomic E-state index is 0.0407. The highest BCUT2D eigenvalue weighted by molar-refractivity contribution is 5.76. The summed E-state index contributed by atoms with van der Waals surface area (Å²) in [7, 11) is 0. The number of hydrogen-bond donors (Lipinski definition) is 2. The van der Waals surface area contributed by atoms with Crippen molar-refractivity contribution in [1.29, 1.82) is 0 Å². The van der Waals surface area contributed by atoms with Crippen LogP contribution in [0.15, 0.2) is 24.3 Å². The van der Waals surface area contributed by atoms with E-state index in [9.17, 15) is 9.18 Å². The van der Waals surface area contributed by atoms with Crippen LogP contribution in [0.2, 0.25) is 0 Å². The average molecular weight is 336 g/mol. The molecular formula is C19H29FN2O2. The predicted molar refractivity (Wildman–Crippen MR) is 93.5 cm³/mol. The van der Waals surface area contributed by atoms with E-state index in [-0.39, 0.29) is 35.5 Å². The maximum Gasteiger partial charge on any atom is 0.220 e. The zero-order valence-corrected chi connectivity index (χ0v) is 14.9. The summed E-state index contributed by atoms with van der Waals surface area (Å²) in [6, 6.07) is 6.16. The van der Waals surface area contributed by atoms with Gasteiger partial charge in [-0.25, -0.2) is 4.39 Å². The summed E-state index contributed by atoms with van der Waals surface area (Å²) in [6.07, 6.45) is 2.58. The molecule has 0 bridgehead atoms. The lowest BCUT2D eigenvalue weighted by atomic mass is 9.87. The molecule has 4 nitrogen and oxygen atoms in total. The molecular weight excluding hydrogens is 307 g/mol. The average Bonchev–Trinajstić information content (AvgIpc) is 3.03. The van der Waals surface area contributed by atoms with Gasteiger partial charge in [0.1, 0.15) is 6.61 Å². The molecule has 1 amide bonds. The number of nitrogens with one attached hydrogen (secondary N) is 2. The Kier molecular flexibility index (Phi) is 6.60. The summed E-state index contributed by atoms with van der Waals surface area (Å²) in [4.78, 5) is 12.3. The Morgan fingerprint density at radius 2 is 2.17 bits per heavy atom. The maximum absolute atomic E-state index is 13.7. The van der Waals surface area contributed by atoms with Gasteiger partial charge in [-0.15, -0.1) is 0 Å². The van der Waals surface area contributed by atoms with Gasteiger partial charge in [0.15, 0.2) is 11.6 Å². The quantitative estimate of drug-likeness (QED) is 0.804. The second-order valence-electron chi connectivity index (χ2n) is 7.63. The number of benzene rings is 1. The van der Waals surface area contributed by atoms with Gasteiger partial charge in [-0.2, -0.15) is 0 Å². The lowest BCUT2D eigenvalue weighted by Gasteiger charge is -2.31. The summed E-state index contributed by atoms with van der Waals surface area (Å²) >= 11 is 0. The number of para-hydroxylation sites is 1. The largest absolute Gasteiger partial charge is 0.488 e. The lowest BCUT2D eigenvalue weighted by Crippen LogP contribution is -2.47. The molecule has 0 saturated carbocycles. The number of ether oxygens (including phenoxy) is 1. The molecule has 1 fully saturated rings. The summed E-state index contributed by atoms with van der Waals surface area (Å²) < 4.78 is 19.3. The van der Waals surface area contributed by atoms with E-state index in [0.717, 1.165) is 25.9 Å². The first-order valence-corrected chi connectivity index (χ1v) is 8.73. The molecule has 2 atom stereocenters. The van der Waals surface area contributed by atoms with Crippen LogP contribution in [-0.2, 0) is 4.79 Å². The van der Waals surface area contributed by atoms with Crippen molar-refractivity contribution < 1.29 is 13.9 Å². The van der Waals surface area contributed by atoms with Crippen molar-refractivity contribution in [2.45, 2.75) is 46.1 Å². The van der Waals surface area contributed by atoms with E-state index < -0.39 is 0 Å². The molecule has 1 aromatic rings. The van der Waals surface area contributed by atoms with Crippen LogP contribution in [0.5, 0.6) is 5.75 Å². The van der Waals surface area contributed by atoms with Crippen LogP contribution in [0.4, 0.5) is 4.39 Å². The molecule has 2 unspecified atom stereocenters. The molecule has 0 radical (unpaired) electrons.